The average Bonchev–Trinajstić information content (AvgIpc) is 2.14. The predicted molar refractivity (Wildman–Crippen MR) is 57.2 cm³/mol. The summed E-state index contributed by atoms with van der Waals surface area (Å²) in [5, 5.41) is 8.49. The Balaban J connectivity index is 3.13. The Morgan fingerprint density at radius 3 is 2.28 bits per heavy atom. The molecule has 0 radical (unpaired) electrons. The van der Waals surface area contributed by atoms with Crippen LogP contribution >= 0.6 is 10.2 Å². The summed E-state index contributed by atoms with van der Waals surface area (Å²) < 4.78 is 62.4. The van der Waals surface area contributed by atoms with Gasteiger partial charge in [0, 0.05) is 0 Å². The molecule has 0 bridgehead atoms. The van der Waals surface area contributed by atoms with Gasteiger partial charge in [-0.2, -0.15) is 0 Å². The molecule has 0 aromatic heterocycles. The lowest BCUT2D eigenvalue weighted by molar-refractivity contribution is -0.138. The fourth-order valence-electron chi connectivity index (χ4n) is 1.25. The van der Waals surface area contributed by atoms with Gasteiger partial charge < -0.3 is 10.8 Å². The molecular formula is C9H10F5NO2S. The molecule has 1 atom stereocenters. The lowest BCUT2D eigenvalue weighted by Gasteiger charge is -2.40. The van der Waals surface area contributed by atoms with Crippen molar-refractivity contribution in [3.05, 3.63) is 29.8 Å². The molecule has 1 aromatic carbocycles. The van der Waals surface area contributed by atoms with Gasteiger partial charge in [-0.05, 0) is 24.1 Å². The van der Waals surface area contributed by atoms with Crippen LogP contribution in [0.15, 0.2) is 29.2 Å². The smallest absolute Gasteiger partial charge is 0.320 e. The molecule has 0 fully saturated rings. The highest BCUT2D eigenvalue weighted by Gasteiger charge is 2.65. The number of carbonyl (C=O) groups is 1. The van der Waals surface area contributed by atoms with Gasteiger partial charge in [-0.25, -0.2) is 0 Å². The van der Waals surface area contributed by atoms with E-state index in [2.05, 4.69) is 0 Å². The van der Waals surface area contributed by atoms with Crippen LogP contribution in [0.4, 0.5) is 19.4 Å². The normalized spacial score (nSPS) is 17.7. The van der Waals surface area contributed by atoms with E-state index in [1.807, 2.05) is 0 Å². The lowest BCUT2D eigenvalue weighted by Crippen LogP contribution is -2.32. The molecule has 0 amide bonds. The third-order valence-electron chi connectivity index (χ3n) is 2.12. The SMILES string of the molecule is NC(Cc1cccc(S(F)(F)(F)(F)F)c1)C(=O)O. The summed E-state index contributed by atoms with van der Waals surface area (Å²) in [6.07, 6.45) is -0.461. The molecular weight excluding hydrogens is 281 g/mol. The quantitative estimate of drug-likeness (QED) is 0.837. The van der Waals surface area contributed by atoms with Gasteiger partial charge in [0.05, 0.1) is 0 Å². The van der Waals surface area contributed by atoms with E-state index in [9.17, 15) is 24.2 Å². The zero-order chi connectivity index (χ0) is 14.3. The van der Waals surface area contributed by atoms with Crippen LogP contribution < -0.4 is 5.73 Å². The van der Waals surface area contributed by atoms with E-state index in [0.717, 1.165) is 12.1 Å². The summed E-state index contributed by atoms with van der Waals surface area (Å²) >= 11 is 0. The fourth-order valence-corrected chi connectivity index (χ4v) is 1.96. The largest absolute Gasteiger partial charge is 0.480 e. The van der Waals surface area contributed by atoms with Crippen LogP contribution in [0.2, 0.25) is 0 Å². The first-order valence-corrected chi connectivity index (χ1v) is 6.56. The van der Waals surface area contributed by atoms with Crippen molar-refractivity contribution < 1.29 is 29.3 Å². The van der Waals surface area contributed by atoms with Gasteiger partial charge in [-0.3, -0.25) is 4.79 Å². The van der Waals surface area contributed by atoms with Crippen molar-refractivity contribution in [2.45, 2.75) is 17.4 Å². The van der Waals surface area contributed by atoms with Crippen LogP contribution in [-0.4, -0.2) is 17.1 Å². The molecule has 0 aliphatic rings. The molecule has 3 N–H and O–H groups in total. The fraction of sp³-hybridized carbons (Fsp3) is 0.222. The molecule has 0 saturated heterocycles. The average molecular weight is 291 g/mol. The van der Waals surface area contributed by atoms with E-state index in [1.54, 1.807) is 0 Å². The van der Waals surface area contributed by atoms with Crippen molar-refractivity contribution in [3.63, 3.8) is 0 Å². The van der Waals surface area contributed by atoms with E-state index in [1.165, 1.54) is 0 Å². The second kappa shape index (κ2) is 3.58. The minimum atomic E-state index is -9.74. The first kappa shape index (κ1) is 14.7. The monoisotopic (exact) mass is 291 g/mol. The minimum Gasteiger partial charge on any atom is -0.480 e. The molecule has 0 heterocycles. The van der Waals surface area contributed by atoms with Gasteiger partial charge in [0.1, 0.15) is 10.9 Å². The van der Waals surface area contributed by atoms with E-state index in [-0.39, 0.29) is 17.7 Å². The van der Waals surface area contributed by atoms with Crippen LogP contribution in [0.5, 0.6) is 0 Å². The minimum absolute atomic E-state index is 0.212. The van der Waals surface area contributed by atoms with Crippen LogP contribution in [0.3, 0.4) is 0 Å². The van der Waals surface area contributed by atoms with E-state index in [0.29, 0.717) is 0 Å². The molecule has 18 heavy (non-hydrogen) atoms. The van der Waals surface area contributed by atoms with Gasteiger partial charge in [-0.1, -0.05) is 31.6 Å². The first-order valence-electron chi connectivity index (χ1n) is 4.61. The van der Waals surface area contributed by atoms with Crippen molar-refractivity contribution in [2.24, 2.45) is 5.73 Å². The summed E-state index contributed by atoms with van der Waals surface area (Å²) in [6.45, 7) is 0. The summed E-state index contributed by atoms with van der Waals surface area (Å²) in [6, 6.07) is 0.924. The highest BCUT2D eigenvalue weighted by molar-refractivity contribution is 8.45. The maximum Gasteiger partial charge on any atom is 0.320 e. The number of hydrogen-bond acceptors (Lipinski definition) is 2. The Hall–Kier alpha value is -1.35. The topological polar surface area (TPSA) is 63.3 Å². The number of benzene rings is 1. The summed E-state index contributed by atoms with van der Waals surface area (Å²) in [4.78, 5) is 8.37. The van der Waals surface area contributed by atoms with E-state index < -0.39 is 33.6 Å². The number of aliphatic carboxylic acids is 1. The van der Waals surface area contributed by atoms with E-state index >= 15 is 0 Å². The van der Waals surface area contributed by atoms with Crippen molar-refractivity contribution >= 4 is 16.2 Å². The van der Waals surface area contributed by atoms with Crippen LogP contribution in [0.1, 0.15) is 5.56 Å². The highest BCUT2D eigenvalue weighted by Crippen LogP contribution is 3.02. The Morgan fingerprint density at radius 1 is 1.28 bits per heavy atom. The molecule has 0 aliphatic carbocycles. The van der Waals surface area contributed by atoms with Crippen molar-refractivity contribution in [3.8, 4) is 0 Å². The van der Waals surface area contributed by atoms with Crippen molar-refractivity contribution in [2.75, 3.05) is 0 Å². The number of carboxylic acids is 1. The molecule has 1 rings (SSSR count). The van der Waals surface area contributed by atoms with Gasteiger partial charge >= 0.3 is 16.2 Å². The summed E-state index contributed by atoms with van der Waals surface area (Å²) in [5.41, 5.74) is 4.90. The van der Waals surface area contributed by atoms with Gasteiger partial charge in [0.25, 0.3) is 0 Å². The molecule has 0 aliphatic heterocycles. The van der Waals surface area contributed by atoms with Crippen LogP contribution in [0.25, 0.3) is 0 Å². The summed E-state index contributed by atoms with van der Waals surface area (Å²) in [7, 11) is -9.74. The number of carboxylic acid groups (broad SMARTS) is 1. The molecule has 0 saturated carbocycles. The maximum absolute atomic E-state index is 12.5. The zero-order valence-corrected chi connectivity index (χ0v) is 9.64. The van der Waals surface area contributed by atoms with Crippen LogP contribution in [-0.2, 0) is 11.2 Å². The van der Waals surface area contributed by atoms with Crippen molar-refractivity contribution in [1.82, 2.24) is 0 Å². The molecule has 3 nitrogen and oxygen atoms in total. The second-order valence-corrected chi connectivity index (χ2v) is 6.17. The van der Waals surface area contributed by atoms with Crippen LogP contribution in [0, 0.1) is 0 Å². The first-order chi connectivity index (χ1) is 7.79. The molecule has 9 heteroatoms. The van der Waals surface area contributed by atoms with Gasteiger partial charge in [0.2, 0.25) is 0 Å². The number of halogens is 5. The number of nitrogens with two attached hydrogens (primary N) is 1. The third-order valence-corrected chi connectivity index (χ3v) is 3.26. The molecule has 1 aromatic rings. The Labute approximate surface area is 99.1 Å². The highest BCUT2D eigenvalue weighted by atomic mass is 32.5. The lowest BCUT2D eigenvalue weighted by atomic mass is 10.1. The molecule has 0 spiro atoms. The molecule has 1 unspecified atom stereocenters. The number of rotatable bonds is 4. The second-order valence-electron chi connectivity index (χ2n) is 3.77. The molecule has 104 valence electrons. The Bertz CT molecular complexity index is 487. The maximum atomic E-state index is 12.5. The summed E-state index contributed by atoms with van der Waals surface area (Å²) in [5.74, 6) is -1.42. The Morgan fingerprint density at radius 2 is 1.83 bits per heavy atom. The number of hydrogen-bond donors (Lipinski definition) is 2. The third kappa shape index (κ3) is 3.84. The zero-order valence-electron chi connectivity index (χ0n) is 8.82. The van der Waals surface area contributed by atoms with E-state index in [4.69, 9.17) is 10.8 Å². The van der Waals surface area contributed by atoms with Gasteiger partial charge in [-0.15, -0.1) is 0 Å². The van der Waals surface area contributed by atoms with Gasteiger partial charge in [0.15, 0.2) is 0 Å². The standard InChI is InChI=1S/C9H10F5NO2S/c10-18(11,12,13,14)7-3-1-2-6(4-7)5-8(15)9(16)17/h1-4,8H,5,15H2,(H,16,17). The Kier molecular flexibility index (Phi) is 2.92. The predicted octanol–water partition coefficient (Wildman–Crippen LogP) is 3.30. The van der Waals surface area contributed by atoms with Crippen molar-refractivity contribution in [1.29, 1.82) is 0 Å².